The Morgan fingerprint density at radius 2 is 2.20 bits per heavy atom. The van der Waals surface area contributed by atoms with Gasteiger partial charge in [0.2, 0.25) is 5.91 Å². The van der Waals surface area contributed by atoms with Crippen LogP contribution in [0, 0.1) is 0 Å². The highest BCUT2D eigenvalue weighted by Crippen LogP contribution is 2.38. The average Bonchev–Trinajstić information content (AvgIpc) is 2.39. The third-order valence-corrected chi connectivity index (χ3v) is 4.10. The van der Waals surface area contributed by atoms with Crippen molar-refractivity contribution in [1.29, 1.82) is 0 Å². The number of rotatable bonds is 3. The molecule has 1 heterocycles. The molecular weight excluding hydrogens is 331 g/mol. The summed E-state index contributed by atoms with van der Waals surface area (Å²) in [6, 6.07) is 4.39. The summed E-state index contributed by atoms with van der Waals surface area (Å²) in [7, 11) is 0. The lowest BCUT2D eigenvalue weighted by Crippen LogP contribution is -2.48. The number of aliphatic carboxylic acids is 1. The van der Waals surface area contributed by atoms with Crippen molar-refractivity contribution in [2.24, 2.45) is 5.73 Å². The summed E-state index contributed by atoms with van der Waals surface area (Å²) in [4.78, 5) is 23.8. The number of hydrogen-bond donors (Lipinski definition) is 2. The average molecular weight is 345 g/mol. The van der Waals surface area contributed by atoms with Crippen LogP contribution in [0.1, 0.15) is 23.6 Å². The fourth-order valence-electron chi connectivity index (χ4n) is 2.52. The van der Waals surface area contributed by atoms with E-state index >= 15 is 0 Å². The van der Waals surface area contributed by atoms with E-state index in [4.69, 9.17) is 10.8 Å². The Morgan fingerprint density at radius 1 is 1.50 bits per heavy atom. The Hall–Kier alpha value is -1.47. The molecule has 1 aliphatic rings. The van der Waals surface area contributed by atoms with Gasteiger partial charge in [-0.2, -0.15) is 0 Å². The van der Waals surface area contributed by atoms with E-state index in [1.165, 1.54) is 0 Å². The highest BCUT2D eigenvalue weighted by atomic mass is 79.9. The van der Waals surface area contributed by atoms with E-state index in [0.717, 1.165) is 4.90 Å². The Kier molecular flexibility index (Phi) is 4.39. The van der Waals surface area contributed by atoms with Crippen LogP contribution in [-0.2, 0) is 16.0 Å². The summed E-state index contributed by atoms with van der Waals surface area (Å²) >= 11 is 3.34. The molecule has 0 aromatic heterocycles. The van der Waals surface area contributed by atoms with Gasteiger partial charge in [0, 0.05) is 10.9 Å². The summed E-state index contributed by atoms with van der Waals surface area (Å²) in [5.74, 6) is -1.68. The summed E-state index contributed by atoms with van der Waals surface area (Å²) < 4.78 is 15.0. The van der Waals surface area contributed by atoms with E-state index in [2.05, 4.69) is 15.9 Å². The number of fused-ring (bicyclic) bond motifs is 1. The number of benzene rings is 1. The smallest absolute Gasteiger partial charge is 0.305 e. The maximum absolute atomic E-state index is 14.3. The zero-order valence-corrected chi connectivity index (χ0v) is 12.1. The Morgan fingerprint density at radius 3 is 2.80 bits per heavy atom. The number of carbonyl (C=O) groups excluding carboxylic acids is 1. The molecule has 1 aliphatic heterocycles. The van der Waals surface area contributed by atoms with Gasteiger partial charge >= 0.3 is 5.97 Å². The van der Waals surface area contributed by atoms with Crippen LogP contribution in [0.15, 0.2) is 22.7 Å². The van der Waals surface area contributed by atoms with Gasteiger partial charge < -0.3 is 15.7 Å². The lowest BCUT2D eigenvalue weighted by molar-refractivity contribution is -0.145. The number of carbonyl (C=O) groups is 2. The molecule has 1 aromatic carbocycles. The van der Waals surface area contributed by atoms with Crippen molar-refractivity contribution in [3.8, 4) is 0 Å². The van der Waals surface area contributed by atoms with E-state index in [0.29, 0.717) is 15.6 Å². The molecule has 0 spiro atoms. The van der Waals surface area contributed by atoms with E-state index < -0.39 is 24.2 Å². The van der Waals surface area contributed by atoms with Gasteiger partial charge in [-0.05, 0) is 17.2 Å². The van der Waals surface area contributed by atoms with Gasteiger partial charge in [0.25, 0.3) is 0 Å². The minimum atomic E-state index is -1.57. The molecule has 0 aliphatic carbocycles. The second kappa shape index (κ2) is 5.88. The van der Waals surface area contributed by atoms with E-state index in [1.807, 2.05) is 0 Å². The zero-order chi connectivity index (χ0) is 14.9. The van der Waals surface area contributed by atoms with Gasteiger partial charge in [0.1, 0.15) is 0 Å². The molecule has 3 N–H and O–H groups in total. The second-order valence-electron chi connectivity index (χ2n) is 4.57. The zero-order valence-electron chi connectivity index (χ0n) is 10.6. The van der Waals surface area contributed by atoms with Crippen molar-refractivity contribution in [1.82, 2.24) is 4.90 Å². The minimum Gasteiger partial charge on any atom is -0.481 e. The molecule has 0 saturated carbocycles. The molecule has 0 radical (unpaired) electrons. The fourth-order valence-corrected chi connectivity index (χ4v) is 3.07. The number of halogens is 2. The molecule has 0 fully saturated rings. The molecule has 2 atom stereocenters. The standard InChI is InChI=1S/C13H14BrFN2O3/c14-9-3-1-2-7-8(9)4-11(15)17(12(18)6-16)10(7)5-13(19)20/h1-3,10-11H,4-6,16H2,(H,19,20). The van der Waals surface area contributed by atoms with Crippen molar-refractivity contribution >= 4 is 27.8 Å². The molecular formula is C13H14BrFN2O3. The van der Waals surface area contributed by atoms with Crippen molar-refractivity contribution in [2.45, 2.75) is 25.2 Å². The number of carboxylic acids is 1. The minimum absolute atomic E-state index is 0.0264. The number of carboxylic acid groups (broad SMARTS) is 1. The van der Waals surface area contributed by atoms with Crippen LogP contribution in [0.3, 0.4) is 0 Å². The monoisotopic (exact) mass is 344 g/mol. The first-order chi connectivity index (χ1) is 9.45. The van der Waals surface area contributed by atoms with E-state index in [1.54, 1.807) is 18.2 Å². The van der Waals surface area contributed by atoms with Crippen molar-refractivity contribution in [3.05, 3.63) is 33.8 Å². The van der Waals surface area contributed by atoms with E-state index in [9.17, 15) is 14.0 Å². The molecule has 1 aromatic rings. The Labute approximate surface area is 123 Å². The van der Waals surface area contributed by atoms with Crippen LogP contribution in [0.25, 0.3) is 0 Å². The third kappa shape index (κ3) is 2.69. The molecule has 0 bridgehead atoms. The first-order valence-electron chi connectivity index (χ1n) is 6.10. The van der Waals surface area contributed by atoms with Crippen LogP contribution in [0.5, 0.6) is 0 Å². The van der Waals surface area contributed by atoms with Crippen molar-refractivity contribution < 1.29 is 19.1 Å². The predicted octanol–water partition coefficient (Wildman–Crippen LogP) is 1.60. The largest absolute Gasteiger partial charge is 0.481 e. The summed E-state index contributed by atoms with van der Waals surface area (Å²) in [5, 5.41) is 9.02. The predicted molar refractivity (Wildman–Crippen MR) is 73.6 cm³/mol. The summed E-state index contributed by atoms with van der Waals surface area (Å²) in [6.07, 6.45) is -1.89. The number of amides is 1. The van der Waals surface area contributed by atoms with Crippen molar-refractivity contribution in [3.63, 3.8) is 0 Å². The SMILES string of the molecule is NCC(=O)N1C(F)Cc2c(Br)cccc2C1CC(=O)O. The normalized spacial score (nSPS) is 21.4. The van der Waals surface area contributed by atoms with Crippen LogP contribution in [0.2, 0.25) is 0 Å². The van der Waals surface area contributed by atoms with Crippen LogP contribution in [-0.4, -0.2) is 34.7 Å². The molecule has 5 nitrogen and oxygen atoms in total. The van der Waals surface area contributed by atoms with E-state index in [-0.39, 0.29) is 19.4 Å². The number of nitrogens with zero attached hydrogens (tertiary/aromatic N) is 1. The molecule has 0 saturated heterocycles. The molecule has 20 heavy (non-hydrogen) atoms. The van der Waals surface area contributed by atoms with Crippen molar-refractivity contribution in [2.75, 3.05) is 6.54 Å². The maximum atomic E-state index is 14.3. The molecule has 2 rings (SSSR count). The Balaban J connectivity index is 2.50. The molecule has 1 amide bonds. The van der Waals surface area contributed by atoms with Gasteiger partial charge in [-0.15, -0.1) is 0 Å². The molecule has 7 heteroatoms. The summed E-state index contributed by atoms with van der Waals surface area (Å²) in [5.41, 5.74) is 6.65. The lowest BCUT2D eigenvalue weighted by Gasteiger charge is -2.39. The highest BCUT2D eigenvalue weighted by Gasteiger charge is 2.38. The Bertz CT molecular complexity index is 552. The van der Waals surface area contributed by atoms with Gasteiger partial charge in [0.15, 0.2) is 6.30 Å². The van der Waals surface area contributed by atoms with Crippen LogP contribution < -0.4 is 5.73 Å². The highest BCUT2D eigenvalue weighted by molar-refractivity contribution is 9.10. The molecule has 2 unspecified atom stereocenters. The number of hydrogen-bond acceptors (Lipinski definition) is 3. The second-order valence-corrected chi connectivity index (χ2v) is 5.42. The van der Waals surface area contributed by atoms with Gasteiger partial charge in [-0.25, -0.2) is 4.39 Å². The quantitative estimate of drug-likeness (QED) is 0.816. The van der Waals surface area contributed by atoms with Crippen LogP contribution >= 0.6 is 15.9 Å². The first-order valence-corrected chi connectivity index (χ1v) is 6.89. The maximum Gasteiger partial charge on any atom is 0.305 e. The molecule has 108 valence electrons. The van der Waals surface area contributed by atoms with Gasteiger partial charge in [0.05, 0.1) is 19.0 Å². The van der Waals surface area contributed by atoms with Crippen LogP contribution in [0.4, 0.5) is 4.39 Å². The number of nitrogens with two attached hydrogens (primary N) is 1. The van der Waals surface area contributed by atoms with Gasteiger partial charge in [-0.3, -0.25) is 9.59 Å². The first kappa shape index (κ1) is 14.9. The van der Waals surface area contributed by atoms with Gasteiger partial charge in [-0.1, -0.05) is 28.1 Å². The topological polar surface area (TPSA) is 83.6 Å². The number of alkyl halides is 1. The fraction of sp³-hybridized carbons (Fsp3) is 0.385. The lowest BCUT2D eigenvalue weighted by atomic mass is 9.90. The summed E-state index contributed by atoms with van der Waals surface area (Å²) in [6.45, 7) is -0.347. The third-order valence-electron chi connectivity index (χ3n) is 3.35.